The summed E-state index contributed by atoms with van der Waals surface area (Å²) in [6.07, 6.45) is -0.00671. The first-order chi connectivity index (χ1) is 10.4. The van der Waals surface area contributed by atoms with Crippen LogP contribution in [0, 0.1) is 6.92 Å². The fraction of sp³-hybridized carbons (Fsp3) is 0.214. The number of aryl methyl sites for hydroxylation is 1. The third-order valence-electron chi connectivity index (χ3n) is 2.59. The number of halogens is 2. The summed E-state index contributed by atoms with van der Waals surface area (Å²) >= 11 is 11.6. The van der Waals surface area contributed by atoms with Crippen LogP contribution in [0.5, 0.6) is 0 Å². The predicted octanol–water partition coefficient (Wildman–Crippen LogP) is 3.01. The number of carbonyl (C=O) groups is 2. The van der Waals surface area contributed by atoms with Crippen molar-refractivity contribution < 1.29 is 18.8 Å². The zero-order valence-electron chi connectivity index (χ0n) is 11.6. The Bertz CT molecular complexity index is 700. The first kappa shape index (κ1) is 16.3. The Hall–Kier alpha value is -2.05. The van der Waals surface area contributed by atoms with E-state index in [9.17, 15) is 9.59 Å². The van der Waals surface area contributed by atoms with E-state index in [0.29, 0.717) is 21.4 Å². The van der Waals surface area contributed by atoms with Crippen LogP contribution in [0.1, 0.15) is 11.3 Å². The van der Waals surface area contributed by atoms with Crippen LogP contribution in [0.3, 0.4) is 0 Å². The number of hydrogen-bond acceptors (Lipinski definition) is 5. The van der Waals surface area contributed by atoms with Crippen LogP contribution in [-0.2, 0) is 20.7 Å². The van der Waals surface area contributed by atoms with Gasteiger partial charge in [-0.05, 0) is 24.6 Å². The molecular weight excluding hydrogens is 331 g/mol. The van der Waals surface area contributed by atoms with Gasteiger partial charge in [0.2, 0.25) is 0 Å². The third-order valence-corrected chi connectivity index (χ3v) is 3.33. The molecule has 1 heterocycles. The predicted molar refractivity (Wildman–Crippen MR) is 81.0 cm³/mol. The van der Waals surface area contributed by atoms with Crippen molar-refractivity contribution in [3.8, 4) is 0 Å². The molecule has 0 radical (unpaired) electrons. The summed E-state index contributed by atoms with van der Waals surface area (Å²) in [5.74, 6) is -0.226. The molecular formula is C14H12Cl2N2O4. The molecule has 0 atom stereocenters. The molecule has 0 aliphatic rings. The molecule has 0 spiro atoms. The zero-order valence-corrected chi connectivity index (χ0v) is 13.1. The topological polar surface area (TPSA) is 81.4 Å². The Balaban J connectivity index is 1.79. The highest BCUT2D eigenvalue weighted by Gasteiger charge is 2.11. The molecule has 6 nitrogen and oxygen atoms in total. The first-order valence-corrected chi connectivity index (χ1v) is 7.02. The van der Waals surface area contributed by atoms with Crippen molar-refractivity contribution in [2.45, 2.75) is 13.3 Å². The summed E-state index contributed by atoms with van der Waals surface area (Å²) in [5.41, 5.74) is 0.645. The van der Waals surface area contributed by atoms with E-state index in [1.54, 1.807) is 31.2 Å². The maximum Gasteiger partial charge on any atom is 0.310 e. The Kier molecular flexibility index (Phi) is 5.41. The maximum absolute atomic E-state index is 11.7. The van der Waals surface area contributed by atoms with Crippen LogP contribution in [-0.4, -0.2) is 23.6 Å². The summed E-state index contributed by atoms with van der Waals surface area (Å²) in [5, 5.41) is 6.79. The van der Waals surface area contributed by atoms with Crippen molar-refractivity contribution in [2.24, 2.45) is 0 Å². The maximum atomic E-state index is 11.7. The second kappa shape index (κ2) is 7.29. The van der Waals surface area contributed by atoms with E-state index in [0.717, 1.165) is 0 Å². The number of carbonyl (C=O) groups excluding carboxylic acids is 2. The molecule has 116 valence electrons. The van der Waals surface area contributed by atoms with Gasteiger partial charge < -0.3 is 14.6 Å². The number of nitrogens with one attached hydrogen (secondary N) is 1. The Morgan fingerprint density at radius 1 is 1.27 bits per heavy atom. The second-order valence-electron chi connectivity index (χ2n) is 4.46. The number of rotatable bonds is 5. The molecule has 0 saturated heterocycles. The number of esters is 1. The monoisotopic (exact) mass is 342 g/mol. The van der Waals surface area contributed by atoms with Crippen molar-refractivity contribution >= 4 is 40.9 Å². The van der Waals surface area contributed by atoms with Crippen molar-refractivity contribution in [1.29, 1.82) is 0 Å². The number of anilines is 1. The van der Waals surface area contributed by atoms with Crippen LogP contribution in [0.25, 0.3) is 0 Å². The fourth-order valence-electron chi connectivity index (χ4n) is 1.62. The van der Waals surface area contributed by atoms with Crippen LogP contribution in [0.15, 0.2) is 28.8 Å². The number of nitrogens with zero attached hydrogens (tertiary/aromatic N) is 1. The summed E-state index contributed by atoms with van der Waals surface area (Å²) < 4.78 is 9.67. The fourth-order valence-corrected chi connectivity index (χ4v) is 1.94. The Morgan fingerprint density at radius 3 is 2.68 bits per heavy atom. The smallest absolute Gasteiger partial charge is 0.310 e. The molecule has 0 fully saturated rings. The van der Waals surface area contributed by atoms with Crippen molar-refractivity contribution in [3.05, 3.63) is 45.6 Å². The van der Waals surface area contributed by atoms with Gasteiger partial charge in [0, 0.05) is 6.07 Å². The average Bonchev–Trinajstić information content (AvgIpc) is 2.86. The lowest BCUT2D eigenvalue weighted by Gasteiger charge is -2.05. The molecule has 1 aromatic carbocycles. The molecule has 0 aliphatic carbocycles. The van der Waals surface area contributed by atoms with Gasteiger partial charge >= 0.3 is 5.97 Å². The lowest BCUT2D eigenvalue weighted by Crippen LogP contribution is -2.21. The lowest BCUT2D eigenvalue weighted by atomic mass is 10.1. The summed E-state index contributed by atoms with van der Waals surface area (Å²) in [7, 11) is 0. The largest absolute Gasteiger partial charge is 0.455 e. The molecule has 1 amide bonds. The molecule has 2 rings (SSSR count). The minimum atomic E-state index is -0.551. The third kappa shape index (κ3) is 4.75. The molecule has 0 saturated carbocycles. The standard InChI is InChI=1S/C14H12Cl2N2O4/c1-8-4-12(18-22-8)17-13(19)7-21-14(20)6-9-2-3-10(15)11(16)5-9/h2-5H,6-7H2,1H3,(H,17,18,19). The van der Waals surface area contributed by atoms with Gasteiger partial charge in [-0.1, -0.05) is 34.4 Å². The second-order valence-corrected chi connectivity index (χ2v) is 5.27. The van der Waals surface area contributed by atoms with Crippen molar-refractivity contribution in [1.82, 2.24) is 5.16 Å². The first-order valence-electron chi connectivity index (χ1n) is 6.27. The van der Waals surface area contributed by atoms with Crippen LogP contribution in [0.4, 0.5) is 5.82 Å². The normalized spacial score (nSPS) is 10.3. The molecule has 1 N–H and O–H groups in total. The van der Waals surface area contributed by atoms with E-state index >= 15 is 0 Å². The zero-order chi connectivity index (χ0) is 16.1. The van der Waals surface area contributed by atoms with Gasteiger partial charge in [0.15, 0.2) is 12.4 Å². The van der Waals surface area contributed by atoms with E-state index in [2.05, 4.69) is 10.5 Å². The van der Waals surface area contributed by atoms with E-state index in [4.69, 9.17) is 32.5 Å². The summed E-state index contributed by atoms with van der Waals surface area (Å²) in [6, 6.07) is 6.37. The van der Waals surface area contributed by atoms with Crippen LogP contribution in [0.2, 0.25) is 10.0 Å². The van der Waals surface area contributed by atoms with Crippen molar-refractivity contribution in [3.63, 3.8) is 0 Å². The minimum Gasteiger partial charge on any atom is -0.455 e. The lowest BCUT2D eigenvalue weighted by molar-refractivity contribution is -0.146. The highest BCUT2D eigenvalue weighted by atomic mass is 35.5. The van der Waals surface area contributed by atoms with Gasteiger partial charge in [-0.3, -0.25) is 9.59 Å². The minimum absolute atomic E-state index is 0.00671. The number of benzene rings is 1. The average molecular weight is 343 g/mol. The van der Waals surface area contributed by atoms with Gasteiger partial charge in [-0.15, -0.1) is 0 Å². The summed E-state index contributed by atoms with van der Waals surface area (Å²) in [6.45, 7) is 1.28. The Labute approximate surface area is 136 Å². The molecule has 0 unspecified atom stereocenters. The van der Waals surface area contributed by atoms with E-state index in [-0.39, 0.29) is 12.2 Å². The number of hydrogen-bond donors (Lipinski definition) is 1. The number of aromatic nitrogens is 1. The molecule has 8 heteroatoms. The molecule has 22 heavy (non-hydrogen) atoms. The molecule has 0 aliphatic heterocycles. The summed E-state index contributed by atoms with van der Waals surface area (Å²) in [4.78, 5) is 23.2. The number of amides is 1. The van der Waals surface area contributed by atoms with Crippen LogP contribution < -0.4 is 5.32 Å². The van der Waals surface area contributed by atoms with Gasteiger partial charge in [0.05, 0.1) is 16.5 Å². The van der Waals surface area contributed by atoms with E-state index in [1.807, 2.05) is 0 Å². The molecule has 0 bridgehead atoms. The van der Waals surface area contributed by atoms with Gasteiger partial charge in [-0.2, -0.15) is 0 Å². The highest BCUT2D eigenvalue weighted by molar-refractivity contribution is 6.42. The van der Waals surface area contributed by atoms with Gasteiger partial charge in [0.1, 0.15) is 5.76 Å². The SMILES string of the molecule is Cc1cc(NC(=O)COC(=O)Cc2ccc(Cl)c(Cl)c2)no1. The van der Waals surface area contributed by atoms with Gasteiger partial charge in [0.25, 0.3) is 5.91 Å². The molecule has 2 aromatic rings. The van der Waals surface area contributed by atoms with E-state index < -0.39 is 18.5 Å². The Morgan fingerprint density at radius 2 is 2.05 bits per heavy atom. The van der Waals surface area contributed by atoms with Crippen molar-refractivity contribution in [2.75, 3.05) is 11.9 Å². The van der Waals surface area contributed by atoms with E-state index in [1.165, 1.54) is 0 Å². The number of ether oxygens (including phenoxy) is 1. The van der Waals surface area contributed by atoms with Crippen LogP contribution >= 0.6 is 23.2 Å². The van der Waals surface area contributed by atoms with Gasteiger partial charge in [-0.25, -0.2) is 0 Å². The highest BCUT2D eigenvalue weighted by Crippen LogP contribution is 2.22. The quantitative estimate of drug-likeness (QED) is 0.844. The molecule has 1 aromatic heterocycles.